The van der Waals surface area contributed by atoms with E-state index in [1.165, 1.54) is 35.2 Å². The lowest BCUT2D eigenvalue weighted by molar-refractivity contribution is -0.0390. The lowest BCUT2D eigenvalue weighted by Gasteiger charge is -2.22. The highest BCUT2D eigenvalue weighted by Gasteiger charge is 2.17. The molecule has 1 saturated heterocycles. The minimum absolute atomic E-state index is 0.340. The van der Waals surface area contributed by atoms with E-state index in [9.17, 15) is 0 Å². The Morgan fingerprint density at radius 2 is 1.78 bits per heavy atom. The summed E-state index contributed by atoms with van der Waals surface area (Å²) in [6.45, 7) is 5.08. The molecular weight excluding hydrogens is 338 g/mol. The third-order valence-corrected chi connectivity index (χ3v) is 5.43. The number of anilines is 1. The number of rotatable bonds is 6. The van der Waals surface area contributed by atoms with Gasteiger partial charge in [0.05, 0.1) is 12.7 Å². The van der Waals surface area contributed by atoms with Crippen molar-refractivity contribution < 1.29 is 9.47 Å². The van der Waals surface area contributed by atoms with Crippen LogP contribution in [0.15, 0.2) is 24.3 Å². The highest BCUT2D eigenvalue weighted by Crippen LogP contribution is 2.25. The van der Waals surface area contributed by atoms with E-state index in [1.54, 1.807) is 0 Å². The number of fused-ring (bicyclic) bond motifs is 1. The Balaban J connectivity index is 1.33. The van der Waals surface area contributed by atoms with Crippen molar-refractivity contribution in [3.8, 4) is 0 Å². The number of aromatic nitrogens is 2. The average Bonchev–Trinajstić information content (AvgIpc) is 2.72. The number of benzene rings is 1. The molecule has 0 atom stereocenters. The largest absolute Gasteiger partial charge is 0.381 e. The summed E-state index contributed by atoms with van der Waals surface area (Å²) in [5, 5.41) is 3.54. The lowest BCUT2D eigenvalue weighted by atomic mass is 9.96. The van der Waals surface area contributed by atoms with E-state index in [1.807, 2.05) is 6.92 Å². The predicted octanol–water partition coefficient (Wildman–Crippen LogP) is 3.97. The second-order valence-corrected chi connectivity index (χ2v) is 7.54. The quantitative estimate of drug-likeness (QED) is 0.837. The van der Waals surface area contributed by atoms with Crippen molar-refractivity contribution in [3.05, 3.63) is 52.5 Å². The second-order valence-electron chi connectivity index (χ2n) is 7.54. The van der Waals surface area contributed by atoms with Crippen LogP contribution in [0.2, 0.25) is 0 Å². The third kappa shape index (κ3) is 4.85. The Kier molecular flexibility index (Phi) is 6.00. The zero-order chi connectivity index (χ0) is 18.5. The summed E-state index contributed by atoms with van der Waals surface area (Å²) in [6.07, 6.45) is 6.98. The van der Waals surface area contributed by atoms with Gasteiger partial charge in [0.25, 0.3) is 0 Å². The van der Waals surface area contributed by atoms with Crippen molar-refractivity contribution in [1.82, 2.24) is 9.97 Å². The van der Waals surface area contributed by atoms with Crippen molar-refractivity contribution in [3.63, 3.8) is 0 Å². The summed E-state index contributed by atoms with van der Waals surface area (Å²) in [7, 11) is 0. The Labute approximate surface area is 161 Å². The van der Waals surface area contributed by atoms with Crippen molar-refractivity contribution in [2.24, 2.45) is 0 Å². The van der Waals surface area contributed by atoms with Crippen LogP contribution < -0.4 is 5.32 Å². The van der Waals surface area contributed by atoms with E-state index >= 15 is 0 Å². The minimum Gasteiger partial charge on any atom is -0.381 e. The van der Waals surface area contributed by atoms with Gasteiger partial charge < -0.3 is 14.8 Å². The topological polar surface area (TPSA) is 56.3 Å². The maximum Gasteiger partial charge on any atom is 0.133 e. The molecule has 144 valence electrons. The van der Waals surface area contributed by atoms with Crippen LogP contribution in [0, 0.1) is 6.92 Å². The van der Waals surface area contributed by atoms with E-state index in [-0.39, 0.29) is 0 Å². The fourth-order valence-electron chi connectivity index (χ4n) is 3.86. The molecular formula is C22H29N3O2. The normalized spacial score (nSPS) is 17.5. The van der Waals surface area contributed by atoms with Crippen LogP contribution in [-0.4, -0.2) is 29.3 Å². The smallest absolute Gasteiger partial charge is 0.133 e. The summed E-state index contributed by atoms with van der Waals surface area (Å²) in [5.41, 5.74) is 5.02. The van der Waals surface area contributed by atoms with Gasteiger partial charge in [0, 0.05) is 31.0 Å². The second kappa shape index (κ2) is 8.81. The van der Waals surface area contributed by atoms with Gasteiger partial charge in [-0.05, 0) is 56.6 Å². The predicted molar refractivity (Wildman–Crippen MR) is 106 cm³/mol. The number of nitrogens with zero attached hydrogens (tertiary/aromatic N) is 2. The lowest BCUT2D eigenvalue weighted by Crippen LogP contribution is -2.23. The van der Waals surface area contributed by atoms with Gasteiger partial charge in [0.1, 0.15) is 11.6 Å². The van der Waals surface area contributed by atoms with Crippen molar-refractivity contribution in [2.75, 3.05) is 18.5 Å². The molecule has 2 aromatic rings. The van der Waals surface area contributed by atoms with E-state index < -0.39 is 0 Å². The molecule has 0 amide bonds. The minimum atomic E-state index is 0.340. The molecule has 27 heavy (non-hydrogen) atoms. The number of ether oxygens (including phenoxy) is 2. The van der Waals surface area contributed by atoms with Gasteiger partial charge in [0.2, 0.25) is 0 Å². The van der Waals surface area contributed by atoms with Crippen LogP contribution in [0.3, 0.4) is 0 Å². The molecule has 2 aliphatic rings. The van der Waals surface area contributed by atoms with Crippen molar-refractivity contribution >= 4 is 5.82 Å². The van der Waals surface area contributed by atoms with Gasteiger partial charge in [-0.25, -0.2) is 9.97 Å². The van der Waals surface area contributed by atoms with Gasteiger partial charge in [0.15, 0.2) is 0 Å². The first kappa shape index (κ1) is 18.4. The molecule has 0 bridgehead atoms. The van der Waals surface area contributed by atoms with E-state index in [2.05, 4.69) is 39.6 Å². The van der Waals surface area contributed by atoms with Gasteiger partial charge in [-0.1, -0.05) is 24.3 Å². The average molecular weight is 367 g/mol. The molecule has 1 aromatic heterocycles. The monoisotopic (exact) mass is 367 g/mol. The standard InChI is InChI=1S/C22H29N3O2/c1-16-24-21-5-3-2-4-20(21)22(25-16)23-14-17-6-8-18(9-7-17)15-27-19-10-12-26-13-11-19/h6-9,19H,2-5,10-15H2,1H3,(H,23,24,25). The SMILES string of the molecule is Cc1nc2c(c(NCc3ccc(COC4CCOCC4)cc3)n1)CCCC2. The Morgan fingerprint density at radius 1 is 1.04 bits per heavy atom. The molecule has 2 heterocycles. The Bertz CT molecular complexity index is 755. The Morgan fingerprint density at radius 3 is 2.59 bits per heavy atom. The molecule has 1 N–H and O–H groups in total. The number of hydrogen-bond acceptors (Lipinski definition) is 5. The van der Waals surface area contributed by atoms with Gasteiger partial charge in [-0.3, -0.25) is 0 Å². The first-order chi connectivity index (χ1) is 13.3. The zero-order valence-corrected chi connectivity index (χ0v) is 16.2. The van der Waals surface area contributed by atoms with Crippen molar-refractivity contribution in [2.45, 2.75) is 64.7 Å². The molecule has 1 aliphatic carbocycles. The van der Waals surface area contributed by atoms with E-state index in [4.69, 9.17) is 9.47 Å². The van der Waals surface area contributed by atoms with E-state index in [0.717, 1.165) is 57.1 Å². The maximum absolute atomic E-state index is 6.00. The summed E-state index contributed by atoms with van der Waals surface area (Å²) in [5.74, 6) is 1.88. The van der Waals surface area contributed by atoms with E-state index in [0.29, 0.717) is 12.7 Å². The van der Waals surface area contributed by atoms with Crippen LogP contribution in [-0.2, 0) is 35.5 Å². The summed E-state index contributed by atoms with van der Waals surface area (Å²) in [4.78, 5) is 9.27. The third-order valence-electron chi connectivity index (χ3n) is 5.43. The maximum atomic E-state index is 6.00. The first-order valence-corrected chi connectivity index (χ1v) is 10.2. The van der Waals surface area contributed by atoms with Crippen molar-refractivity contribution in [1.29, 1.82) is 0 Å². The molecule has 0 spiro atoms. The fourth-order valence-corrected chi connectivity index (χ4v) is 3.86. The van der Waals surface area contributed by atoms with Gasteiger partial charge in [-0.2, -0.15) is 0 Å². The fraction of sp³-hybridized carbons (Fsp3) is 0.545. The van der Waals surface area contributed by atoms with Gasteiger partial charge >= 0.3 is 0 Å². The summed E-state index contributed by atoms with van der Waals surface area (Å²) in [6, 6.07) is 8.68. The Hall–Kier alpha value is -1.98. The number of aryl methyl sites for hydroxylation is 2. The molecule has 1 fully saturated rings. The molecule has 0 unspecified atom stereocenters. The molecule has 0 saturated carbocycles. The highest BCUT2D eigenvalue weighted by molar-refractivity contribution is 5.48. The molecule has 4 rings (SSSR count). The summed E-state index contributed by atoms with van der Waals surface area (Å²) < 4.78 is 11.4. The molecule has 1 aliphatic heterocycles. The van der Waals surface area contributed by atoms with Gasteiger partial charge in [-0.15, -0.1) is 0 Å². The van der Waals surface area contributed by atoms with Crippen LogP contribution in [0.25, 0.3) is 0 Å². The highest BCUT2D eigenvalue weighted by atomic mass is 16.5. The number of nitrogens with one attached hydrogen (secondary N) is 1. The van der Waals surface area contributed by atoms with Crippen LogP contribution in [0.1, 0.15) is 53.9 Å². The zero-order valence-electron chi connectivity index (χ0n) is 16.2. The summed E-state index contributed by atoms with van der Waals surface area (Å²) >= 11 is 0. The number of hydrogen-bond donors (Lipinski definition) is 1. The molecule has 1 aromatic carbocycles. The van der Waals surface area contributed by atoms with Crippen LogP contribution in [0.4, 0.5) is 5.82 Å². The molecule has 5 nitrogen and oxygen atoms in total. The van der Waals surface area contributed by atoms with Crippen LogP contribution in [0.5, 0.6) is 0 Å². The van der Waals surface area contributed by atoms with Crippen LogP contribution >= 0.6 is 0 Å². The first-order valence-electron chi connectivity index (χ1n) is 10.2. The molecule has 0 radical (unpaired) electrons. The molecule has 5 heteroatoms.